The van der Waals surface area contributed by atoms with Crippen LogP contribution in [-0.4, -0.2) is 25.1 Å². The summed E-state index contributed by atoms with van der Waals surface area (Å²) in [4.78, 5) is 15.2. The SMILES string of the molecule is COc1ccc(OC)c(NC(=O)c2cc3cccc(F)c3[nH]2)c1. The molecule has 3 rings (SSSR count). The molecule has 1 heterocycles. The van der Waals surface area contributed by atoms with Crippen molar-refractivity contribution in [3.05, 3.63) is 54.0 Å². The largest absolute Gasteiger partial charge is 0.497 e. The second kappa shape index (κ2) is 6.00. The number of methoxy groups -OCH3 is 2. The number of benzene rings is 2. The van der Waals surface area contributed by atoms with Gasteiger partial charge in [0.25, 0.3) is 5.91 Å². The number of anilines is 1. The number of halogens is 1. The van der Waals surface area contributed by atoms with E-state index in [-0.39, 0.29) is 5.69 Å². The Morgan fingerprint density at radius 1 is 1.13 bits per heavy atom. The van der Waals surface area contributed by atoms with Gasteiger partial charge in [0, 0.05) is 11.5 Å². The summed E-state index contributed by atoms with van der Waals surface area (Å²) in [5.74, 6) is 0.290. The molecule has 6 heteroatoms. The Labute approximate surface area is 132 Å². The molecule has 0 unspecified atom stereocenters. The number of amides is 1. The molecule has 5 nitrogen and oxygen atoms in total. The zero-order valence-electron chi connectivity index (χ0n) is 12.6. The van der Waals surface area contributed by atoms with E-state index >= 15 is 0 Å². The van der Waals surface area contributed by atoms with Gasteiger partial charge in [-0.1, -0.05) is 12.1 Å². The lowest BCUT2D eigenvalue weighted by Crippen LogP contribution is -2.13. The van der Waals surface area contributed by atoms with Gasteiger partial charge in [0.05, 0.1) is 25.4 Å². The molecule has 1 amide bonds. The van der Waals surface area contributed by atoms with Crippen LogP contribution < -0.4 is 14.8 Å². The van der Waals surface area contributed by atoms with Crippen LogP contribution in [0.15, 0.2) is 42.5 Å². The summed E-state index contributed by atoms with van der Waals surface area (Å²) in [6, 6.07) is 11.3. The van der Waals surface area contributed by atoms with Gasteiger partial charge in [0.1, 0.15) is 23.0 Å². The van der Waals surface area contributed by atoms with Crippen molar-refractivity contribution < 1.29 is 18.7 Å². The predicted octanol–water partition coefficient (Wildman–Crippen LogP) is 3.58. The molecule has 0 saturated heterocycles. The minimum absolute atomic E-state index is 0.259. The lowest BCUT2D eigenvalue weighted by Gasteiger charge is -2.11. The lowest BCUT2D eigenvalue weighted by atomic mass is 10.2. The molecule has 23 heavy (non-hydrogen) atoms. The van der Waals surface area contributed by atoms with E-state index in [4.69, 9.17) is 9.47 Å². The van der Waals surface area contributed by atoms with E-state index in [1.807, 2.05) is 0 Å². The number of aromatic amines is 1. The number of aromatic nitrogens is 1. The molecular weight excluding hydrogens is 299 g/mol. The molecule has 0 fully saturated rings. The van der Waals surface area contributed by atoms with Crippen molar-refractivity contribution in [3.8, 4) is 11.5 Å². The third-order valence-electron chi connectivity index (χ3n) is 3.50. The molecule has 118 valence electrons. The van der Waals surface area contributed by atoms with Crippen molar-refractivity contribution in [2.75, 3.05) is 19.5 Å². The summed E-state index contributed by atoms with van der Waals surface area (Å²) >= 11 is 0. The van der Waals surface area contributed by atoms with E-state index in [1.165, 1.54) is 20.3 Å². The molecule has 3 aromatic rings. The molecular formula is C17H15FN2O3. The summed E-state index contributed by atoms with van der Waals surface area (Å²) in [6.45, 7) is 0. The third-order valence-corrected chi connectivity index (χ3v) is 3.50. The van der Waals surface area contributed by atoms with Gasteiger partial charge in [-0.05, 0) is 24.3 Å². The van der Waals surface area contributed by atoms with Crippen LogP contribution in [0, 0.1) is 5.82 Å². The average molecular weight is 314 g/mol. The van der Waals surface area contributed by atoms with Crippen LogP contribution >= 0.6 is 0 Å². The van der Waals surface area contributed by atoms with Crippen molar-refractivity contribution in [3.63, 3.8) is 0 Å². The maximum atomic E-state index is 13.7. The Bertz CT molecular complexity index is 873. The molecule has 0 aliphatic carbocycles. The van der Waals surface area contributed by atoms with Crippen LogP contribution in [-0.2, 0) is 0 Å². The van der Waals surface area contributed by atoms with Crippen LogP contribution in [0.5, 0.6) is 11.5 Å². The first kappa shape index (κ1) is 14.9. The Kier molecular flexibility index (Phi) is 3.89. The molecule has 0 saturated carbocycles. The summed E-state index contributed by atoms with van der Waals surface area (Å²) in [6.07, 6.45) is 0. The van der Waals surface area contributed by atoms with Gasteiger partial charge in [-0.2, -0.15) is 0 Å². The zero-order valence-corrected chi connectivity index (χ0v) is 12.6. The normalized spacial score (nSPS) is 10.6. The zero-order chi connectivity index (χ0) is 16.4. The number of carbonyl (C=O) groups excluding carboxylic acids is 1. The minimum atomic E-state index is -0.402. The smallest absolute Gasteiger partial charge is 0.272 e. The number of H-pyrrole nitrogens is 1. The molecule has 0 radical (unpaired) electrons. The monoisotopic (exact) mass is 314 g/mol. The van der Waals surface area contributed by atoms with E-state index in [0.29, 0.717) is 28.1 Å². The number of ether oxygens (including phenoxy) is 2. The van der Waals surface area contributed by atoms with Gasteiger partial charge in [0.2, 0.25) is 0 Å². The Hall–Kier alpha value is -3.02. The Balaban J connectivity index is 1.93. The van der Waals surface area contributed by atoms with Crippen molar-refractivity contribution in [2.45, 2.75) is 0 Å². The highest BCUT2D eigenvalue weighted by Gasteiger charge is 2.14. The third kappa shape index (κ3) is 2.83. The second-order valence-electron chi connectivity index (χ2n) is 4.91. The molecule has 0 aliphatic heterocycles. The molecule has 1 aromatic heterocycles. The number of rotatable bonds is 4. The Morgan fingerprint density at radius 2 is 1.96 bits per heavy atom. The average Bonchev–Trinajstić information content (AvgIpc) is 3.00. The quantitative estimate of drug-likeness (QED) is 0.774. The van der Waals surface area contributed by atoms with Crippen LogP contribution in [0.1, 0.15) is 10.5 Å². The molecule has 0 spiro atoms. The van der Waals surface area contributed by atoms with Crippen LogP contribution in [0.3, 0.4) is 0 Å². The maximum absolute atomic E-state index is 13.7. The van der Waals surface area contributed by atoms with E-state index in [1.54, 1.807) is 36.4 Å². The summed E-state index contributed by atoms with van der Waals surface area (Å²) < 4.78 is 24.1. The first-order valence-electron chi connectivity index (χ1n) is 6.93. The van der Waals surface area contributed by atoms with Gasteiger partial charge in [-0.3, -0.25) is 4.79 Å². The number of hydrogen-bond donors (Lipinski definition) is 2. The summed E-state index contributed by atoms with van der Waals surface area (Å²) in [5.41, 5.74) is 1.03. The molecule has 0 atom stereocenters. The van der Waals surface area contributed by atoms with E-state index in [0.717, 1.165) is 0 Å². The molecule has 2 N–H and O–H groups in total. The summed E-state index contributed by atoms with van der Waals surface area (Å²) in [5, 5.41) is 3.37. The fourth-order valence-electron chi connectivity index (χ4n) is 2.34. The van der Waals surface area contributed by atoms with E-state index < -0.39 is 11.7 Å². The van der Waals surface area contributed by atoms with Crippen molar-refractivity contribution in [1.29, 1.82) is 0 Å². The molecule has 0 aliphatic rings. The van der Waals surface area contributed by atoms with Crippen molar-refractivity contribution >= 4 is 22.5 Å². The molecule has 2 aromatic carbocycles. The van der Waals surface area contributed by atoms with Gasteiger partial charge in [-0.15, -0.1) is 0 Å². The highest BCUT2D eigenvalue weighted by atomic mass is 19.1. The fourth-order valence-corrected chi connectivity index (χ4v) is 2.34. The highest BCUT2D eigenvalue weighted by Crippen LogP contribution is 2.29. The first-order valence-corrected chi connectivity index (χ1v) is 6.93. The van der Waals surface area contributed by atoms with Gasteiger partial charge >= 0.3 is 0 Å². The Morgan fingerprint density at radius 3 is 2.65 bits per heavy atom. The van der Waals surface area contributed by atoms with Crippen LogP contribution in [0.4, 0.5) is 10.1 Å². The van der Waals surface area contributed by atoms with Gasteiger partial charge in [0.15, 0.2) is 0 Å². The van der Waals surface area contributed by atoms with Gasteiger partial charge < -0.3 is 19.8 Å². The van der Waals surface area contributed by atoms with Crippen molar-refractivity contribution in [2.24, 2.45) is 0 Å². The van der Waals surface area contributed by atoms with E-state index in [2.05, 4.69) is 10.3 Å². The maximum Gasteiger partial charge on any atom is 0.272 e. The van der Waals surface area contributed by atoms with E-state index in [9.17, 15) is 9.18 Å². The van der Waals surface area contributed by atoms with Crippen LogP contribution in [0.25, 0.3) is 10.9 Å². The van der Waals surface area contributed by atoms with Crippen LogP contribution in [0.2, 0.25) is 0 Å². The predicted molar refractivity (Wildman–Crippen MR) is 85.8 cm³/mol. The summed E-state index contributed by atoms with van der Waals surface area (Å²) in [7, 11) is 3.05. The number of fused-ring (bicyclic) bond motifs is 1. The number of carbonyl (C=O) groups is 1. The standard InChI is InChI=1S/C17H15FN2O3/c1-22-11-6-7-15(23-2)13(9-11)20-17(21)14-8-10-4-3-5-12(18)16(10)19-14/h3-9,19H,1-2H3,(H,20,21). The minimum Gasteiger partial charge on any atom is -0.497 e. The highest BCUT2D eigenvalue weighted by molar-refractivity contribution is 6.06. The number of nitrogens with one attached hydrogen (secondary N) is 2. The second-order valence-corrected chi connectivity index (χ2v) is 4.91. The first-order chi connectivity index (χ1) is 11.1. The lowest BCUT2D eigenvalue weighted by molar-refractivity contribution is 0.102. The topological polar surface area (TPSA) is 63.4 Å². The number of para-hydroxylation sites is 1. The number of hydrogen-bond acceptors (Lipinski definition) is 3. The fraction of sp³-hybridized carbons (Fsp3) is 0.118. The van der Waals surface area contributed by atoms with Gasteiger partial charge in [-0.25, -0.2) is 4.39 Å². The molecule has 0 bridgehead atoms. The van der Waals surface area contributed by atoms with Crippen molar-refractivity contribution in [1.82, 2.24) is 4.98 Å².